The zero-order chi connectivity index (χ0) is 16.1. The largest absolute Gasteiger partial charge is 0.410 e. The van der Waals surface area contributed by atoms with Crippen LogP contribution in [0.15, 0.2) is 27.2 Å². The highest BCUT2D eigenvalue weighted by Crippen LogP contribution is 2.26. The summed E-state index contributed by atoms with van der Waals surface area (Å²) in [6.07, 6.45) is 1.16. The van der Waals surface area contributed by atoms with Gasteiger partial charge in [-0.25, -0.2) is 0 Å². The number of piperazine rings is 1. The molecule has 3 rings (SSSR count). The van der Waals surface area contributed by atoms with Crippen LogP contribution in [0, 0.1) is 0 Å². The summed E-state index contributed by atoms with van der Waals surface area (Å²) >= 11 is 3.28. The third kappa shape index (κ3) is 4.79. The fourth-order valence-corrected chi connectivity index (χ4v) is 4.05. The Balaban J connectivity index is 1.34. The van der Waals surface area contributed by atoms with Crippen molar-refractivity contribution < 1.29 is 4.42 Å². The Bertz CT molecular complexity index is 577. The van der Waals surface area contributed by atoms with Crippen molar-refractivity contribution in [3.8, 4) is 10.8 Å². The van der Waals surface area contributed by atoms with E-state index in [0.717, 1.165) is 23.6 Å². The molecule has 0 aliphatic carbocycles. The molecule has 2 aromatic heterocycles. The van der Waals surface area contributed by atoms with Gasteiger partial charge in [-0.3, -0.25) is 4.90 Å². The SMILES string of the molecule is CC(C)N1CCN(CCCSc2nnc(-c3cccs3)o2)CC1. The van der Waals surface area contributed by atoms with Gasteiger partial charge in [0.2, 0.25) is 0 Å². The van der Waals surface area contributed by atoms with Gasteiger partial charge in [0.05, 0.1) is 4.88 Å². The molecule has 3 heterocycles. The summed E-state index contributed by atoms with van der Waals surface area (Å²) < 4.78 is 5.69. The van der Waals surface area contributed by atoms with Gasteiger partial charge in [-0.1, -0.05) is 17.8 Å². The summed E-state index contributed by atoms with van der Waals surface area (Å²) in [6.45, 7) is 10.5. The molecule has 0 amide bonds. The monoisotopic (exact) mass is 352 g/mol. The number of hydrogen-bond acceptors (Lipinski definition) is 7. The maximum Gasteiger partial charge on any atom is 0.276 e. The van der Waals surface area contributed by atoms with Gasteiger partial charge in [-0.15, -0.1) is 21.5 Å². The van der Waals surface area contributed by atoms with Crippen LogP contribution in [0.3, 0.4) is 0 Å². The van der Waals surface area contributed by atoms with E-state index in [0.29, 0.717) is 17.2 Å². The molecule has 0 saturated carbocycles. The highest BCUT2D eigenvalue weighted by atomic mass is 32.2. The Kier molecular flexibility index (Phi) is 6.10. The Morgan fingerprint density at radius 1 is 1.26 bits per heavy atom. The molecule has 1 aliphatic heterocycles. The van der Waals surface area contributed by atoms with Gasteiger partial charge in [-0.05, 0) is 38.3 Å². The number of hydrogen-bond donors (Lipinski definition) is 0. The summed E-state index contributed by atoms with van der Waals surface area (Å²) in [5.74, 6) is 1.66. The Morgan fingerprint density at radius 2 is 2.09 bits per heavy atom. The number of rotatable bonds is 7. The normalized spacial score (nSPS) is 17.2. The van der Waals surface area contributed by atoms with E-state index in [4.69, 9.17) is 4.42 Å². The number of nitrogens with zero attached hydrogens (tertiary/aromatic N) is 4. The molecule has 1 saturated heterocycles. The lowest BCUT2D eigenvalue weighted by Gasteiger charge is -2.36. The molecule has 0 atom stereocenters. The number of aromatic nitrogens is 2. The van der Waals surface area contributed by atoms with Crippen LogP contribution in [0.5, 0.6) is 0 Å². The van der Waals surface area contributed by atoms with Crippen LogP contribution in [0.1, 0.15) is 20.3 Å². The average Bonchev–Trinajstić information content (AvgIpc) is 3.23. The van der Waals surface area contributed by atoms with Crippen molar-refractivity contribution in [3.05, 3.63) is 17.5 Å². The van der Waals surface area contributed by atoms with Gasteiger partial charge in [0.25, 0.3) is 11.1 Å². The van der Waals surface area contributed by atoms with Crippen LogP contribution >= 0.6 is 23.1 Å². The first-order chi connectivity index (χ1) is 11.2. The summed E-state index contributed by atoms with van der Waals surface area (Å²) in [7, 11) is 0. The third-order valence-electron chi connectivity index (χ3n) is 4.12. The quantitative estimate of drug-likeness (QED) is 0.563. The second-order valence-corrected chi connectivity index (χ2v) is 8.02. The van der Waals surface area contributed by atoms with E-state index in [1.54, 1.807) is 23.1 Å². The van der Waals surface area contributed by atoms with E-state index in [2.05, 4.69) is 33.8 Å². The predicted molar refractivity (Wildman–Crippen MR) is 96.1 cm³/mol. The first kappa shape index (κ1) is 17.0. The average molecular weight is 353 g/mol. The minimum atomic E-state index is 0.632. The fraction of sp³-hybridized carbons (Fsp3) is 0.625. The molecule has 0 N–H and O–H groups in total. The molecule has 0 spiro atoms. The molecular weight excluding hydrogens is 328 g/mol. The highest BCUT2D eigenvalue weighted by molar-refractivity contribution is 7.99. The maximum absolute atomic E-state index is 5.69. The molecule has 0 bridgehead atoms. The minimum absolute atomic E-state index is 0.632. The second-order valence-electron chi connectivity index (χ2n) is 6.02. The Labute approximate surface area is 146 Å². The van der Waals surface area contributed by atoms with Gasteiger partial charge in [0.15, 0.2) is 0 Å². The molecule has 0 aromatic carbocycles. The first-order valence-corrected chi connectivity index (χ1v) is 10.1. The Morgan fingerprint density at radius 3 is 2.78 bits per heavy atom. The summed E-state index contributed by atoms with van der Waals surface area (Å²) in [5.41, 5.74) is 0. The van der Waals surface area contributed by atoms with Crippen molar-refractivity contribution in [1.29, 1.82) is 0 Å². The van der Waals surface area contributed by atoms with Crippen LogP contribution in [0.2, 0.25) is 0 Å². The van der Waals surface area contributed by atoms with Gasteiger partial charge >= 0.3 is 0 Å². The van der Waals surface area contributed by atoms with Gasteiger partial charge in [-0.2, -0.15) is 0 Å². The first-order valence-electron chi connectivity index (χ1n) is 8.19. The van der Waals surface area contributed by atoms with Crippen LogP contribution in [-0.4, -0.2) is 64.5 Å². The lowest BCUT2D eigenvalue weighted by molar-refractivity contribution is 0.109. The van der Waals surface area contributed by atoms with Crippen molar-refractivity contribution in [2.24, 2.45) is 0 Å². The van der Waals surface area contributed by atoms with Crippen LogP contribution in [0.25, 0.3) is 10.8 Å². The standard InChI is InChI=1S/C16H24N4OS2/c1-13(2)20-9-7-19(8-10-20)6-4-12-23-16-18-17-15(21-16)14-5-3-11-22-14/h3,5,11,13H,4,6-10,12H2,1-2H3. The number of thiophene rings is 1. The van der Waals surface area contributed by atoms with Crippen molar-refractivity contribution >= 4 is 23.1 Å². The molecular formula is C16H24N4OS2. The van der Waals surface area contributed by atoms with E-state index in [9.17, 15) is 0 Å². The second kappa shape index (κ2) is 8.28. The van der Waals surface area contributed by atoms with Gasteiger partial charge < -0.3 is 9.32 Å². The van der Waals surface area contributed by atoms with E-state index >= 15 is 0 Å². The molecule has 126 valence electrons. The molecule has 1 fully saturated rings. The van der Waals surface area contributed by atoms with E-state index in [1.807, 2.05) is 17.5 Å². The summed E-state index contributed by atoms with van der Waals surface area (Å²) in [4.78, 5) is 6.15. The lowest BCUT2D eigenvalue weighted by atomic mass is 10.2. The van der Waals surface area contributed by atoms with Gasteiger partial charge in [0, 0.05) is 38.0 Å². The van der Waals surface area contributed by atoms with Gasteiger partial charge in [0.1, 0.15) is 0 Å². The molecule has 23 heavy (non-hydrogen) atoms. The van der Waals surface area contributed by atoms with Crippen molar-refractivity contribution in [2.75, 3.05) is 38.5 Å². The summed E-state index contributed by atoms with van der Waals surface area (Å²) in [5, 5.41) is 10.9. The molecule has 0 unspecified atom stereocenters. The molecule has 1 aliphatic rings. The van der Waals surface area contributed by atoms with Crippen LogP contribution in [0.4, 0.5) is 0 Å². The minimum Gasteiger partial charge on any atom is -0.410 e. The third-order valence-corrected chi connectivity index (χ3v) is 5.88. The number of thioether (sulfide) groups is 1. The van der Waals surface area contributed by atoms with Crippen molar-refractivity contribution in [3.63, 3.8) is 0 Å². The molecule has 2 aromatic rings. The smallest absolute Gasteiger partial charge is 0.276 e. The maximum atomic E-state index is 5.69. The topological polar surface area (TPSA) is 45.4 Å². The molecule has 7 heteroatoms. The van der Waals surface area contributed by atoms with E-state index in [1.165, 1.54) is 26.2 Å². The zero-order valence-electron chi connectivity index (χ0n) is 13.8. The molecule has 0 radical (unpaired) electrons. The zero-order valence-corrected chi connectivity index (χ0v) is 15.4. The van der Waals surface area contributed by atoms with Crippen LogP contribution < -0.4 is 0 Å². The Hall–Kier alpha value is -0.890. The molecule has 5 nitrogen and oxygen atoms in total. The lowest BCUT2D eigenvalue weighted by Crippen LogP contribution is -2.48. The summed E-state index contributed by atoms with van der Waals surface area (Å²) in [6, 6.07) is 4.67. The fourth-order valence-electron chi connectivity index (χ4n) is 2.72. The van der Waals surface area contributed by atoms with Crippen molar-refractivity contribution in [2.45, 2.75) is 31.5 Å². The van der Waals surface area contributed by atoms with E-state index in [-0.39, 0.29) is 0 Å². The van der Waals surface area contributed by atoms with E-state index < -0.39 is 0 Å². The van der Waals surface area contributed by atoms with Crippen LogP contribution in [-0.2, 0) is 0 Å². The predicted octanol–water partition coefficient (Wildman–Crippen LogP) is 3.31. The van der Waals surface area contributed by atoms with Crippen molar-refractivity contribution in [1.82, 2.24) is 20.0 Å². The highest BCUT2D eigenvalue weighted by Gasteiger charge is 2.18.